The van der Waals surface area contributed by atoms with E-state index in [-0.39, 0.29) is 5.91 Å². The van der Waals surface area contributed by atoms with Gasteiger partial charge in [0.05, 0.1) is 19.1 Å². The van der Waals surface area contributed by atoms with Gasteiger partial charge in [0.25, 0.3) is 5.91 Å². The zero-order valence-corrected chi connectivity index (χ0v) is 11.3. The van der Waals surface area contributed by atoms with Crippen LogP contribution in [0.5, 0.6) is 0 Å². The van der Waals surface area contributed by atoms with Crippen LogP contribution < -0.4 is 5.73 Å². The Kier molecular flexibility index (Phi) is 5.83. The summed E-state index contributed by atoms with van der Waals surface area (Å²) in [5, 5.41) is 8.65. The molecular weight excluding hydrogens is 242 g/mol. The topological polar surface area (TPSA) is 79.3 Å². The largest absolute Gasteiger partial charge is 0.399 e. The molecule has 1 aromatic rings. The third-order valence-corrected chi connectivity index (χ3v) is 2.83. The number of nitrogens with zero attached hydrogens (tertiary/aromatic N) is 2. The first kappa shape index (κ1) is 15.0. The average Bonchev–Trinajstić information content (AvgIpc) is 2.38. The number of carbonyl (C=O) groups excluding carboxylic acids is 1. The van der Waals surface area contributed by atoms with Crippen LogP contribution in [-0.4, -0.2) is 37.6 Å². The second-order valence-electron chi connectivity index (χ2n) is 4.27. The predicted octanol–water partition coefficient (Wildman–Crippen LogP) is 1.58. The van der Waals surface area contributed by atoms with Gasteiger partial charge in [0.15, 0.2) is 0 Å². The van der Waals surface area contributed by atoms with Crippen molar-refractivity contribution >= 4 is 11.6 Å². The predicted molar refractivity (Wildman–Crippen MR) is 73.6 cm³/mol. The van der Waals surface area contributed by atoms with E-state index >= 15 is 0 Å². The standard InChI is InChI=1S/C14H19N3O2/c1-11-10-12(16)4-5-13(11)14(18)17(7-3-6-15)8-9-19-2/h4-5,10H,3,7-9,16H2,1-2H3. The highest BCUT2D eigenvalue weighted by Crippen LogP contribution is 2.15. The van der Waals surface area contributed by atoms with Gasteiger partial charge in [-0.05, 0) is 30.7 Å². The number of anilines is 1. The molecule has 0 aliphatic heterocycles. The van der Waals surface area contributed by atoms with Gasteiger partial charge in [-0.2, -0.15) is 5.26 Å². The Morgan fingerprint density at radius 2 is 2.21 bits per heavy atom. The molecular formula is C14H19N3O2. The van der Waals surface area contributed by atoms with Gasteiger partial charge in [0.1, 0.15) is 0 Å². The molecule has 0 fully saturated rings. The molecule has 0 saturated carbocycles. The molecule has 0 aromatic heterocycles. The molecule has 0 aliphatic carbocycles. The summed E-state index contributed by atoms with van der Waals surface area (Å²) < 4.78 is 4.99. The van der Waals surface area contributed by atoms with Gasteiger partial charge >= 0.3 is 0 Å². The van der Waals surface area contributed by atoms with Gasteiger partial charge in [-0.15, -0.1) is 0 Å². The van der Waals surface area contributed by atoms with E-state index in [0.717, 1.165) is 5.56 Å². The number of ether oxygens (including phenoxy) is 1. The maximum atomic E-state index is 12.4. The number of aryl methyl sites for hydroxylation is 1. The lowest BCUT2D eigenvalue weighted by Crippen LogP contribution is -2.35. The monoisotopic (exact) mass is 261 g/mol. The first-order valence-corrected chi connectivity index (χ1v) is 6.11. The van der Waals surface area contributed by atoms with Crippen LogP contribution in [-0.2, 0) is 4.74 Å². The molecule has 5 nitrogen and oxygen atoms in total. The fourth-order valence-corrected chi connectivity index (χ4v) is 1.80. The lowest BCUT2D eigenvalue weighted by atomic mass is 10.1. The van der Waals surface area contributed by atoms with E-state index in [1.54, 1.807) is 30.2 Å². The van der Waals surface area contributed by atoms with E-state index < -0.39 is 0 Å². The van der Waals surface area contributed by atoms with E-state index in [2.05, 4.69) is 0 Å². The third kappa shape index (κ3) is 4.27. The molecule has 0 aliphatic rings. The first-order chi connectivity index (χ1) is 9.10. The van der Waals surface area contributed by atoms with Gasteiger partial charge < -0.3 is 15.4 Å². The molecule has 19 heavy (non-hydrogen) atoms. The van der Waals surface area contributed by atoms with Gasteiger partial charge in [-0.25, -0.2) is 0 Å². The highest BCUT2D eigenvalue weighted by molar-refractivity contribution is 5.96. The van der Waals surface area contributed by atoms with Crippen LogP contribution in [0.1, 0.15) is 22.3 Å². The highest BCUT2D eigenvalue weighted by Gasteiger charge is 2.17. The summed E-state index contributed by atoms with van der Waals surface area (Å²) >= 11 is 0. The summed E-state index contributed by atoms with van der Waals surface area (Å²) in [6, 6.07) is 7.25. The Bertz CT molecular complexity index is 480. The van der Waals surface area contributed by atoms with Gasteiger partial charge in [0.2, 0.25) is 0 Å². The Balaban J connectivity index is 2.88. The van der Waals surface area contributed by atoms with Crippen molar-refractivity contribution in [1.82, 2.24) is 4.90 Å². The summed E-state index contributed by atoms with van der Waals surface area (Å²) in [6.07, 6.45) is 0.309. The number of carbonyl (C=O) groups is 1. The third-order valence-electron chi connectivity index (χ3n) is 2.83. The first-order valence-electron chi connectivity index (χ1n) is 6.11. The number of amides is 1. The molecule has 2 N–H and O–H groups in total. The van der Waals surface area contributed by atoms with Crippen LogP contribution in [0.15, 0.2) is 18.2 Å². The van der Waals surface area contributed by atoms with Crippen LogP contribution in [0.3, 0.4) is 0 Å². The number of hydrogen-bond donors (Lipinski definition) is 1. The summed E-state index contributed by atoms with van der Waals surface area (Å²) in [7, 11) is 1.58. The lowest BCUT2D eigenvalue weighted by Gasteiger charge is -2.22. The van der Waals surface area contributed by atoms with Crippen molar-refractivity contribution in [1.29, 1.82) is 5.26 Å². The summed E-state index contributed by atoms with van der Waals surface area (Å²) in [5.74, 6) is -0.0928. The number of nitrogen functional groups attached to an aromatic ring is 1. The lowest BCUT2D eigenvalue weighted by molar-refractivity contribution is 0.0699. The van der Waals surface area contributed by atoms with E-state index in [1.165, 1.54) is 0 Å². The second-order valence-corrected chi connectivity index (χ2v) is 4.27. The molecule has 0 spiro atoms. The Hall–Kier alpha value is -2.06. The number of hydrogen-bond acceptors (Lipinski definition) is 4. The number of methoxy groups -OCH3 is 1. The van der Waals surface area contributed by atoms with Crippen molar-refractivity contribution in [3.8, 4) is 6.07 Å². The van der Waals surface area contributed by atoms with Crippen molar-refractivity contribution in [3.05, 3.63) is 29.3 Å². The van der Waals surface area contributed by atoms with E-state index in [0.29, 0.717) is 37.4 Å². The minimum Gasteiger partial charge on any atom is -0.399 e. The highest BCUT2D eigenvalue weighted by atomic mass is 16.5. The van der Waals surface area contributed by atoms with Crippen molar-refractivity contribution in [2.45, 2.75) is 13.3 Å². The van der Waals surface area contributed by atoms with Crippen LogP contribution in [0.2, 0.25) is 0 Å². The van der Waals surface area contributed by atoms with Gasteiger partial charge in [-0.1, -0.05) is 0 Å². The molecule has 1 aromatic carbocycles. The minimum atomic E-state index is -0.0928. The number of rotatable bonds is 6. The number of benzene rings is 1. The van der Waals surface area contributed by atoms with E-state index in [4.69, 9.17) is 15.7 Å². The molecule has 1 rings (SSSR count). The number of nitrogens with two attached hydrogens (primary N) is 1. The van der Waals surface area contributed by atoms with Crippen molar-refractivity contribution in [2.75, 3.05) is 32.5 Å². The zero-order chi connectivity index (χ0) is 14.3. The van der Waals surface area contributed by atoms with Crippen LogP contribution in [0.4, 0.5) is 5.69 Å². The molecule has 102 valence electrons. The smallest absolute Gasteiger partial charge is 0.254 e. The molecule has 0 unspecified atom stereocenters. The fraction of sp³-hybridized carbons (Fsp3) is 0.429. The van der Waals surface area contributed by atoms with Crippen LogP contribution in [0, 0.1) is 18.3 Å². The van der Waals surface area contributed by atoms with Crippen LogP contribution >= 0.6 is 0 Å². The normalized spacial score (nSPS) is 9.95. The molecule has 0 atom stereocenters. The van der Waals surface area contributed by atoms with Crippen molar-refractivity contribution in [2.24, 2.45) is 0 Å². The summed E-state index contributed by atoms with van der Waals surface area (Å²) in [4.78, 5) is 14.0. The second kappa shape index (κ2) is 7.39. The maximum Gasteiger partial charge on any atom is 0.254 e. The van der Waals surface area contributed by atoms with Crippen molar-refractivity contribution in [3.63, 3.8) is 0 Å². The maximum absolute atomic E-state index is 12.4. The number of nitriles is 1. The van der Waals surface area contributed by atoms with Gasteiger partial charge in [0, 0.05) is 31.5 Å². The molecule has 5 heteroatoms. The molecule has 0 heterocycles. The van der Waals surface area contributed by atoms with Crippen LogP contribution in [0.25, 0.3) is 0 Å². The zero-order valence-electron chi connectivity index (χ0n) is 11.3. The Morgan fingerprint density at radius 1 is 1.47 bits per heavy atom. The molecule has 1 amide bonds. The Morgan fingerprint density at radius 3 is 2.79 bits per heavy atom. The van der Waals surface area contributed by atoms with Gasteiger partial charge in [-0.3, -0.25) is 4.79 Å². The van der Waals surface area contributed by atoms with E-state index in [9.17, 15) is 4.79 Å². The van der Waals surface area contributed by atoms with E-state index in [1.807, 2.05) is 13.0 Å². The molecule has 0 radical (unpaired) electrons. The quantitative estimate of drug-likeness (QED) is 0.788. The summed E-state index contributed by atoms with van der Waals surface area (Å²) in [6.45, 7) is 3.18. The minimum absolute atomic E-state index is 0.0928. The molecule has 0 saturated heterocycles. The molecule has 0 bridgehead atoms. The fourth-order valence-electron chi connectivity index (χ4n) is 1.80. The SMILES string of the molecule is COCCN(CCC#N)C(=O)c1ccc(N)cc1C. The Labute approximate surface area is 113 Å². The van der Waals surface area contributed by atoms with Crippen molar-refractivity contribution < 1.29 is 9.53 Å². The summed E-state index contributed by atoms with van der Waals surface area (Å²) in [5.41, 5.74) is 7.76. The average molecular weight is 261 g/mol.